The third-order valence-electron chi connectivity index (χ3n) is 4.50. The van der Waals surface area contributed by atoms with E-state index in [9.17, 15) is 0 Å². The van der Waals surface area contributed by atoms with Crippen LogP contribution in [0.5, 0.6) is 0 Å². The molecule has 0 saturated heterocycles. The molecular weight excluding hydrogens is 300 g/mol. The van der Waals surface area contributed by atoms with E-state index in [2.05, 4.69) is 29.5 Å². The molecule has 4 aliphatic rings. The number of fused-ring (bicyclic) bond motifs is 2. The summed E-state index contributed by atoms with van der Waals surface area (Å²) < 4.78 is 0. The molecule has 0 amide bonds. The van der Waals surface area contributed by atoms with Gasteiger partial charge in [-0.2, -0.15) is 0 Å². The zero-order chi connectivity index (χ0) is 14.4. The third-order valence-corrected chi connectivity index (χ3v) is 6.35. The van der Waals surface area contributed by atoms with Crippen LogP contribution in [0.15, 0.2) is 21.1 Å². The Kier molecular flexibility index (Phi) is 3.49. The van der Waals surface area contributed by atoms with Crippen LogP contribution in [-0.4, -0.2) is 45.2 Å². The van der Waals surface area contributed by atoms with Crippen molar-refractivity contribution in [3.05, 3.63) is 11.1 Å². The molecule has 1 N–H and O–H groups in total. The highest BCUT2D eigenvalue weighted by Gasteiger charge is 2.37. The van der Waals surface area contributed by atoms with Gasteiger partial charge in [0.25, 0.3) is 0 Å². The molecule has 1 saturated carbocycles. The molecule has 1 aliphatic carbocycles. The molecule has 1 fully saturated rings. The second kappa shape index (κ2) is 5.23. The molecule has 0 aromatic carbocycles. The molecule has 0 bridgehead atoms. The van der Waals surface area contributed by atoms with E-state index < -0.39 is 0 Å². The number of thioether (sulfide) groups is 2. The summed E-state index contributed by atoms with van der Waals surface area (Å²) in [6, 6.07) is 1.15. The molecule has 2 atom stereocenters. The first-order valence-electron chi connectivity index (χ1n) is 7.81. The van der Waals surface area contributed by atoms with Crippen LogP contribution in [0.2, 0.25) is 0 Å². The number of hydrogen-bond acceptors (Lipinski definition) is 6. The van der Waals surface area contributed by atoms with Gasteiger partial charge in [0.2, 0.25) is 0 Å². The molecule has 3 heterocycles. The maximum absolute atomic E-state index is 4.87. The first-order valence-corrected chi connectivity index (χ1v) is 9.67. The number of hydrogen-bond donors (Lipinski definition) is 1. The van der Waals surface area contributed by atoms with Crippen LogP contribution >= 0.6 is 23.5 Å². The second-order valence-electron chi connectivity index (χ2n) is 6.85. The maximum atomic E-state index is 4.87. The lowest BCUT2D eigenvalue weighted by atomic mass is 9.92. The monoisotopic (exact) mass is 322 g/mol. The van der Waals surface area contributed by atoms with Crippen LogP contribution < -0.4 is 5.32 Å². The van der Waals surface area contributed by atoms with Gasteiger partial charge in [-0.25, -0.2) is 0 Å². The Morgan fingerprint density at radius 1 is 1.43 bits per heavy atom. The summed E-state index contributed by atoms with van der Waals surface area (Å²) in [5.74, 6) is 0.993. The topological polar surface area (TPSA) is 40.0 Å². The van der Waals surface area contributed by atoms with Gasteiger partial charge < -0.3 is 10.2 Å². The van der Waals surface area contributed by atoms with Crippen LogP contribution in [0.1, 0.15) is 39.5 Å². The molecule has 0 aromatic heterocycles. The smallest absolute Gasteiger partial charge is 0.168 e. The maximum Gasteiger partial charge on any atom is 0.168 e. The Bertz CT molecular complexity index is 538. The van der Waals surface area contributed by atoms with E-state index in [0.29, 0.717) is 12.1 Å². The van der Waals surface area contributed by atoms with Crippen LogP contribution in [0.25, 0.3) is 0 Å². The van der Waals surface area contributed by atoms with Gasteiger partial charge in [-0.05, 0) is 32.1 Å². The normalized spacial score (nSPS) is 33.0. The van der Waals surface area contributed by atoms with Crippen molar-refractivity contribution in [3.8, 4) is 0 Å². The Hall–Kier alpha value is -0.620. The van der Waals surface area contributed by atoms with E-state index in [4.69, 9.17) is 9.98 Å². The fourth-order valence-corrected chi connectivity index (χ4v) is 5.56. The zero-order valence-electron chi connectivity index (χ0n) is 12.6. The highest BCUT2D eigenvalue weighted by Crippen LogP contribution is 2.37. The van der Waals surface area contributed by atoms with Gasteiger partial charge in [0.05, 0.1) is 17.6 Å². The minimum absolute atomic E-state index is 0.0601. The minimum Gasteiger partial charge on any atom is -0.360 e. The van der Waals surface area contributed by atoms with Gasteiger partial charge in [-0.3, -0.25) is 9.98 Å². The van der Waals surface area contributed by atoms with Crippen molar-refractivity contribution in [1.82, 2.24) is 10.2 Å². The van der Waals surface area contributed by atoms with Crippen LogP contribution in [0, 0.1) is 0 Å². The molecule has 114 valence electrons. The molecule has 3 aliphatic heterocycles. The largest absolute Gasteiger partial charge is 0.360 e. The van der Waals surface area contributed by atoms with Crippen molar-refractivity contribution in [1.29, 1.82) is 0 Å². The number of rotatable bonds is 2. The number of nitrogens with zero attached hydrogens (tertiary/aromatic N) is 3. The summed E-state index contributed by atoms with van der Waals surface area (Å²) in [5, 5.41) is 8.20. The highest BCUT2D eigenvalue weighted by atomic mass is 32.2. The molecule has 0 unspecified atom stereocenters. The summed E-state index contributed by atoms with van der Waals surface area (Å²) in [6.07, 6.45) is 5.24. The van der Waals surface area contributed by atoms with Crippen LogP contribution in [-0.2, 0) is 0 Å². The second-order valence-corrected chi connectivity index (χ2v) is 8.65. The lowest BCUT2D eigenvalue weighted by Gasteiger charge is -2.23. The predicted molar refractivity (Wildman–Crippen MR) is 93.0 cm³/mol. The lowest BCUT2D eigenvalue weighted by molar-refractivity contribution is 0.385. The summed E-state index contributed by atoms with van der Waals surface area (Å²) in [4.78, 5) is 12.0. The van der Waals surface area contributed by atoms with E-state index >= 15 is 0 Å². The molecule has 0 spiro atoms. The summed E-state index contributed by atoms with van der Waals surface area (Å²) >= 11 is 3.62. The number of aliphatic imine (C=N–C) groups is 2. The zero-order valence-corrected chi connectivity index (χ0v) is 14.3. The average molecular weight is 323 g/mol. The SMILES string of the molecule is CC1(C)CN2C(CSC3=N[C@H]4CCCC[C@@H]4N3)=CSC2=N1. The first-order chi connectivity index (χ1) is 10.1. The van der Waals surface area contributed by atoms with E-state index in [0.717, 1.165) is 17.5 Å². The predicted octanol–water partition coefficient (Wildman–Crippen LogP) is 3.03. The summed E-state index contributed by atoms with van der Waals surface area (Å²) in [6.45, 7) is 5.42. The number of nitrogens with one attached hydrogen (secondary N) is 1. The quantitative estimate of drug-likeness (QED) is 0.848. The van der Waals surface area contributed by atoms with Gasteiger partial charge in [0, 0.05) is 18.0 Å². The van der Waals surface area contributed by atoms with Crippen molar-refractivity contribution in [2.75, 3.05) is 12.3 Å². The van der Waals surface area contributed by atoms with E-state index in [-0.39, 0.29) is 5.54 Å². The Labute approximate surface area is 134 Å². The van der Waals surface area contributed by atoms with E-state index in [1.165, 1.54) is 36.5 Å². The average Bonchev–Trinajstić information content (AvgIpc) is 3.07. The van der Waals surface area contributed by atoms with Gasteiger partial charge in [0.15, 0.2) is 10.3 Å². The fraction of sp³-hybridized carbons (Fsp3) is 0.733. The lowest BCUT2D eigenvalue weighted by Crippen LogP contribution is -2.36. The standard InChI is InChI=1S/C15H22N4S2/c1-15(2)9-19-10(8-21-14(19)18-15)7-20-13-16-11-5-3-4-6-12(11)17-13/h8,11-12H,3-7,9H2,1-2H3,(H,16,17)/t11-,12-/m0/s1. The molecule has 6 heteroatoms. The summed E-state index contributed by atoms with van der Waals surface area (Å²) in [5.41, 5.74) is 1.44. The Morgan fingerprint density at radius 2 is 2.29 bits per heavy atom. The molecular formula is C15H22N4S2. The van der Waals surface area contributed by atoms with Gasteiger partial charge in [-0.15, -0.1) is 0 Å². The van der Waals surface area contributed by atoms with E-state index in [1.807, 2.05) is 11.8 Å². The molecule has 21 heavy (non-hydrogen) atoms. The van der Waals surface area contributed by atoms with E-state index in [1.54, 1.807) is 11.8 Å². The van der Waals surface area contributed by atoms with Gasteiger partial charge in [-0.1, -0.05) is 36.4 Å². The molecule has 0 radical (unpaired) electrons. The van der Waals surface area contributed by atoms with Crippen molar-refractivity contribution >= 4 is 33.9 Å². The molecule has 4 nitrogen and oxygen atoms in total. The molecule has 4 rings (SSSR count). The van der Waals surface area contributed by atoms with Crippen molar-refractivity contribution < 1.29 is 0 Å². The fourth-order valence-electron chi connectivity index (χ4n) is 3.42. The first kappa shape index (κ1) is 14.0. The van der Waals surface area contributed by atoms with Crippen molar-refractivity contribution in [2.45, 2.75) is 57.2 Å². The third kappa shape index (κ3) is 2.72. The Balaban J connectivity index is 1.35. The molecule has 0 aromatic rings. The number of amidine groups is 2. The van der Waals surface area contributed by atoms with Gasteiger partial charge in [0.1, 0.15) is 0 Å². The summed E-state index contributed by atoms with van der Waals surface area (Å²) in [7, 11) is 0. The minimum atomic E-state index is 0.0601. The highest BCUT2D eigenvalue weighted by molar-refractivity contribution is 8.17. The van der Waals surface area contributed by atoms with Gasteiger partial charge >= 0.3 is 0 Å². The van der Waals surface area contributed by atoms with Crippen molar-refractivity contribution in [3.63, 3.8) is 0 Å². The van der Waals surface area contributed by atoms with Crippen LogP contribution in [0.3, 0.4) is 0 Å². The Morgan fingerprint density at radius 3 is 3.14 bits per heavy atom. The van der Waals surface area contributed by atoms with Crippen LogP contribution in [0.4, 0.5) is 0 Å². The van der Waals surface area contributed by atoms with Crippen molar-refractivity contribution in [2.24, 2.45) is 9.98 Å².